The lowest BCUT2D eigenvalue weighted by atomic mass is 9.84. The summed E-state index contributed by atoms with van der Waals surface area (Å²) < 4.78 is 1.67. The zero-order valence-electron chi connectivity index (χ0n) is 14.4. The van der Waals surface area contributed by atoms with Crippen molar-refractivity contribution in [3.05, 3.63) is 45.5 Å². The van der Waals surface area contributed by atoms with Crippen LogP contribution in [-0.2, 0) is 0 Å². The highest BCUT2D eigenvalue weighted by Gasteiger charge is 2.37. The van der Waals surface area contributed by atoms with Crippen LogP contribution in [0.4, 0.5) is 5.69 Å². The molecule has 0 aliphatic carbocycles. The van der Waals surface area contributed by atoms with Crippen molar-refractivity contribution < 1.29 is 0 Å². The second-order valence-corrected chi connectivity index (χ2v) is 7.37. The average Bonchev–Trinajstić information content (AvgIpc) is 3.11. The Morgan fingerprint density at radius 2 is 2.12 bits per heavy atom. The first-order chi connectivity index (χ1) is 11.8. The number of hydrogen-bond acceptors (Lipinski definition) is 5. The van der Waals surface area contributed by atoms with Crippen LogP contribution in [0.2, 0.25) is 0 Å². The highest BCUT2D eigenvalue weighted by atomic mass is 16.2. The summed E-state index contributed by atoms with van der Waals surface area (Å²) in [4.78, 5) is 34.9. The summed E-state index contributed by atoms with van der Waals surface area (Å²) in [7, 11) is 0. The lowest BCUT2D eigenvalue weighted by Crippen LogP contribution is -2.25. The van der Waals surface area contributed by atoms with Crippen LogP contribution in [0.25, 0.3) is 16.9 Å². The molecular formula is C17H20N6O2. The summed E-state index contributed by atoms with van der Waals surface area (Å²) >= 11 is 0. The van der Waals surface area contributed by atoms with E-state index in [4.69, 9.17) is 0 Å². The number of H-pyrrole nitrogens is 2. The molecule has 1 unspecified atom stereocenters. The predicted octanol–water partition coefficient (Wildman–Crippen LogP) is 1.26. The van der Waals surface area contributed by atoms with Gasteiger partial charge in [0.25, 0.3) is 5.56 Å². The van der Waals surface area contributed by atoms with Crippen LogP contribution < -0.4 is 16.1 Å². The quantitative estimate of drug-likeness (QED) is 0.731. The van der Waals surface area contributed by atoms with Crippen LogP contribution in [0.5, 0.6) is 0 Å². The van der Waals surface area contributed by atoms with E-state index in [1.54, 1.807) is 16.9 Å². The minimum atomic E-state index is -0.534. The Bertz CT molecular complexity index is 1060. The number of nitrogens with one attached hydrogen (secondary N) is 2. The molecule has 1 fully saturated rings. The van der Waals surface area contributed by atoms with Crippen molar-refractivity contribution in [2.45, 2.75) is 20.8 Å². The molecule has 3 aromatic rings. The van der Waals surface area contributed by atoms with Crippen molar-refractivity contribution >= 4 is 11.3 Å². The number of aromatic amines is 2. The van der Waals surface area contributed by atoms with E-state index in [0.29, 0.717) is 17.2 Å². The van der Waals surface area contributed by atoms with Crippen molar-refractivity contribution in [1.29, 1.82) is 0 Å². The molecule has 4 rings (SSSR count). The van der Waals surface area contributed by atoms with Gasteiger partial charge in [-0.15, -0.1) is 0 Å². The summed E-state index contributed by atoms with van der Waals surface area (Å²) in [5.41, 5.74) is 1.72. The lowest BCUT2D eigenvalue weighted by Gasteiger charge is -2.23. The van der Waals surface area contributed by atoms with E-state index in [0.717, 1.165) is 24.4 Å². The molecule has 0 bridgehead atoms. The van der Waals surface area contributed by atoms with Crippen molar-refractivity contribution in [2.24, 2.45) is 11.3 Å². The van der Waals surface area contributed by atoms with E-state index < -0.39 is 11.2 Å². The third-order valence-corrected chi connectivity index (χ3v) is 5.20. The van der Waals surface area contributed by atoms with Crippen molar-refractivity contribution in [3.8, 4) is 11.3 Å². The fourth-order valence-corrected chi connectivity index (χ4v) is 3.34. The number of rotatable bonds is 2. The fraction of sp³-hybridized carbons (Fsp3) is 0.412. The second kappa shape index (κ2) is 5.30. The van der Waals surface area contributed by atoms with E-state index in [1.807, 2.05) is 6.07 Å². The summed E-state index contributed by atoms with van der Waals surface area (Å²) in [5.74, 6) is 0.538. The molecule has 0 saturated carbocycles. The molecule has 1 saturated heterocycles. The largest absolute Gasteiger partial charge is 0.368 e. The van der Waals surface area contributed by atoms with Gasteiger partial charge in [-0.2, -0.15) is 5.10 Å². The third kappa shape index (κ3) is 2.54. The van der Waals surface area contributed by atoms with Gasteiger partial charge in [0.2, 0.25) is 0 Å². The molecule has 8 heteroatoms. The Kier molecular flexibility index (Phi) is 3.31. The van der Waals surface area contributed by atoms with E-state index in [-0.39, 0.29) is 5.41 Å². The molecule has 1 atom stereocenters. The molecule has 25 heavy (non-hydrogen) atoms. The average molecular weight is 340 g/mol. The molecule has 1 aliphatic heterocycles. The van der Waals surface area contributed by atoms with Crippen LogP contribution in [-0.4, -0.2) is 37.7 Å². The van der Waals surface area contributed by atoms with Crippen LogP contribution in [0.3, 0.4) is 0 Å². The van der Waals surface area contributed by atoms with Gasteiger partial charge >= 0.3 is 5.69 Å². The first-order valence-electron chi connectivity index (χ1n) is 8.27. The highest BCUT2D eigenvalue weighted by molar-refractivity contribution is 5.74. The second-order valence-electron chi connectivity index (χ2n) is 7.37. The molecule has 0 amide bonds. The van der Waals surface area contributed by atoms with Gasteiger partial charge in [-0.25, -0.2) is 14.3 Å². The number of anilines is 1. The fourth-order valence-electron chi connectivity index (χ4n) is 3.34. The van der Waals surface area contributed by atoms with E-state index in [2.05, 4.69) is 45.7 Å². The minimum absolute atomic E-state index is 0.197. The molecule has 0 radical (unpaired) electrons. The summed E-state index contributed by atoms with van der Waals surface area (Å²) in [6.07, 6.45) is 4.84. The Labute approximate surface area is 143 Å². The number of imidazole rings is 1. The maximum atomic E-state index is 12.1. The Morgan fingerprint density at radius 3 is 2.80 bits per heavy atom. The van der Waals surface area contributed by atoms with Gasteiger partial charge in [0.1, 0.15) is 5.69 Å². The molecular weight excluding hydrogens is 320 g/mol. The third-order valence-electron chi connectivity index (χ3n) is 5.20. The zero-order chi connectivity index (χ0) is 17.8. The van der Waals surface area contributed by atoms with Gasteiger partial charge in [0, 0.05) is 31.7 Å². The minimum Gasteiger partial charge on any atom is -0.368 e. The summed E-state index contributed by atoms with van der Waals surface area (Å²) in [5, 5.41) is 4.47. The normalized spacial score (nSPS) is 19.6. The molecule has 0 aromatic carbocycles. The van der Waals surface area contributed by atoms with Gasteiger partial charge in [-0.05, 0) is 17.4 Å². The SMILES string of the molecule is CC1CN(c2cc(-c3c[nH]c(=O)[nH]c3=O)nn3ccnc23)CC1(C)C. The maximum Gasteiger partial charge on any atom is 0.325 e. The number of hydrogen-bond donors (Lipinski definition) is 2. The molecule has 2 N–H and O–H groups in total. The Hall–Kier alpha value is -2.90. The monoisotopic (exact) mass is 340 g/mol. The standard InChI is InChI=1S/C17H20N6O2/c1-10-8-22(9-17(10,2)3)13-6-12(21-23-5-4-18-14(13)23)11-7-19-16(25)20-15(11)24/h4-7,10H,8-9H2,1-3H3,(H2,19,20,24,25). The molecule has 0 spiro atoms. The van der Waals surface area contributed by atoms with Gasteiger partial charge in [0.05, 0.1) is 11.3 Å². The van der Waals surface area contributed by atoms with Gasteiger partial charge in [0.15, 0.2) is 5.65 Å². The number of nitrogens with zero attached hydrogens (tertiary/aromatic N) is 4. The number of fused-ring (bicyclic) bond motifs is 1. The van der Waals surface area contributed by atoms with Crippen molar-refractivity contribution in [2.75, 3.05) is 18.0 Å². The topological polar surface area (TPSA) is 99.2 Å². The van der Waals surface area contributed by atoms with E-state index in [1.165, 1.54) is 6.20 Å². The Morgan fingerprint density at radius 1 is 1.32 bits per heavy atom. The van der Waals surface area contributed by atoms with Crippen LogP contribution >= 0.6 is 0 Å². The van der Waals surface area contributed by atoms with E-state index in [9.17, 15) is 9.59 Å². The van der Waals surface area contributed by atoms with E-state index >= 15 is 0 Å². The van der Waals surface area contributed by atoms with Gasteiger partial charge in [-0.1, -0.05) is 20.8 Å². The maximum absolute atomic E-state index is 12.1. The smallest absolute Gasteiger partial charge is 0.325 e. The zero-order valence-corrected chi connectivity index (χ0v) is 14.4. The highest BCUT2D eigenvalue weighted by Crippen LogP contribution is 2.38. The van der Waals surface area contributed by atoms with Crippen LogP contribution in [0.1, 0.15) is 20.8 Å². The molecule has 3 aromatic heterocycles. The molecule has 4 heterocycles. The first-order valence-corrected chi connectivity index (χ1v) is 8.27. The summed E-state index contributed by atoms with van der Waals surface area (Å²) in [6.45, 7) is 8.59. The van der Waals surface area contributed by atoms with Crippen LogP contribution in [0, 0.1) is 11.3 Å². The molecule has 130 valence electrons. The van der Waals surface area contributed by atoms with Crippen LogP contribution in [0.15, 0.2) is 34.2 Å². The summed E-state index contributed by atoms with van der Waals surface area (Å²) in [6, 6.07) is 1.87. The lowest BCUT2D eigenvalue weighted by molar-refractivity contribution is 0.312. The van der Waals surface area contributed by atoms with Crippen molar-refractivity contribution in [3.63, 3.8) is 0 Å². The molecule has 8 nitrogen and oxygen atoms in total. The van der Waals surface area contributed by atoms with Crippen molar-refractivity contribution in [1.82, 2.24) is 24.6 Å². The Balaban J connectivity index is 1.89. The van der Waals surface area contributed by atoms with Gasteiger partial charge in [-0.3, -0.25) is 9.78 Å². The predicted molar refractivity (Wildman–Crippen MR) is 94.8 cm³/mol. The molecule has 1 aliphatic rings. The number of aromatic nitrogens is 5. The first kappa shape index (κ1) is 15.6. The van der Waals surface area contributed by atoms with Gasteiger partial charge < -0.3 is 9.88 Å².